The van der Waals surface area contributed by atoms with Gasteiger partial charge in [-0.3, -0.25) is 0 Å². The van der Waals surface area contributed by atoms with Gasteiger partial charge in [0, 0.05) is 0 Å². The Labute approximate surface area is 45.4 Å². The van der Waals surface area contributed by atoms with E-state index in [0.29, 0.717) is 6.26 Å². The Hall–Kier alpha value is -1.06. The van der Waals surface area contributed by atoms with Crippen LogP contribution < -0.4 is 0 Å². The van der Waals surface area contributed by atoms with Gasteiger partial charge < -0.3 is 9.84 Å². The molecular formula is C4H5FO3. The Morgan fingerprint density at radius 3 is 2.50 bits per heavy atom. The highest BCUT2D eigenvalue weighted by atomic mass is 19.1. The highest BCUT2D eigenvalue weighted by molar-refractivity contribution is 5.83. The Morgan fingerprint density at radius 1 is 1.88 bits per heavy atom. The van der Waals surface area contributed by atoms with E-state index in [4.69, 9.17) is 5.11 Å². The number of aliphatic carboxylic acids is 1. The third kappa shape index (κ3) is 2.17. The molecule has 0 aromatic carbocycles. The largest absolute Gasteiger partial charge is 0.501 e. The van der Waals surface area contributed by atoms with E-state index in [-0.39, 0.29) is 0 Å². The van der Waals surface area contributed by atoms with E-state index >= 15 is 0 Å². The highest BCUT2D eigenvalue weighted by Crippen LogP contribution is 1.93. The van der Waals surface area contributed by atoms with Gasteiger partial charge in [0.1, 0.15) is 6.26 Å². The lowest BCUT2D eigenvalue weighted by atomic mass is 10.6. The molecule has 8 heavy (non-hydrogen) atoms. The molecule has 46 valence electrons. The lowest BCUT2D eigenvalue weighted by molar-refractivity contribution is -0.134. The quantitative estimate of drug-likeness (QED) is 0.427. The van der Waals surface area contributed by atoms with Crippen molar-refractivity contribution in [2.24, 2.45) is 0 Å². The summed E-state index contributed by atoms with van der Waals surface area (Å²) in [5, 5.41) is 7.79. The number of rotatable bonds is 2. The van der Waals surface area contributed by atoms with Crippen molar-refractivity contribution < 1.29 is 19.0 Å². The number of carboxylic acids is 1. The monoisotopic (exact) mass is 120 g/mol. The summed E-state index contributed by atoms with van der Waals surface area (Å²) >= 11 is 0. The van der Waals surface area contributed by atoms with Gasteiger partial charge in [0.2, 0.25) is 5.83 Å². The molecule has 0 aromatic rings. The molecule has 0 bridgehead atoms. The van der Waals surface area contributed by atoms with Gasteiger partial charge in [-0.1, -0.05) is 0 Å². The van der Waals surface area contributed by atoms with Crippen molar-refractivity contribution in [1.82, 2.24) is 0 Å². The summed E-state index contributed by atoms with van der Waals surface area (Å²) in [6.45, 7) is 0. The standard InChI is InChI=1S/C4H5FO3/c1-8-2-3(5)4(6)7/h2H,1H3,(H,6,7). The van der Waals surface area contributed by atoms with Crippen LogP contribution in [0, 0.1) is 0 Å². The van der Waals surface area contributed by atoms with E-state index in [1.807, 2.05) is 0 Å². The maximum absolute atomic E-state index is 11.7. The van der Waals surface area contributed by atoms with Crippen LogP contribution in [0.2, 0.25) is 0 Å². The van der Waals surface area contributed by atoms with Crippen LogP contribution in [0.3, 0.4) is 0 Å². The summed E-state index contributed by atoms with van der Waals surface area (Å²) in [5.41, 5.74) is 0. The van der Waals surface area contributed by atoms with Crippen LogP contribution in [-0.4, -0.2) is 18.2 Å². The minimum absolute atomic E-state index is 0.516. The van der Waals surface area contributed by atoms with Gasteiger partial charge in [-0.15, -0.1) is 0 Å². The number of halogens is 1. The number of methoxy groups -OCH3 is 1. The second-order valence-electron chi connectivity index (χ2n) is 1.01. The fourth-order valence-electron chi connectivity index (χ4n) is 0.154. The summed E-state index contributed by atoms with van der Waals surface area (Å²) in [6, 6.07) is 0. The van der Waals surface area contributed by atoms with E-state index in [2.05, 4.69) is 4.74 Å². The lowest BCUT2D eigenvalue weighted by Gasteiger charge is -1.85. The first-order valence-electron chi connectivity index (χ1n) is 1.80. The first-order chi connectivity index (χ1) is 3.68. The molecule has 0 rings (SSSR count). The Kier molecular flexibility index (Phi) is 2.61. The Bertz CT molecular complexity index is 118. The molecule has 0 amide bonds. The summed E-state index contributed by atoms with van der Waals surface area (Å²) < 4.78 is 15.7. The van der Waals surface area contributed by atoms with Crippen molar-refractivity contribution in [3.05, 3.63) is 12.1 Å². The average Bonchev–Trinajstić information content (AvgIpc) is 1.67. The molecule has 0 aromatic heterocycles. The second-order valence-corrected chi connectivity index (χ2v) is 1.01. The molecule has 0 fully saturated rings. The van der Waals surface area contributed by atoms with E-state index in [9.17, 15) is 9.18 Å². The molecule has 4 heteroatoms. The summed E-state index contributed by atoms with van der Waals surface area (Å²) in [6.07, 6.45) is 0.516. The van der Waals surface area contributed by atoms with Crippen molar-refractivity contribution in [3.8, 4) is 0 Å². The number of carboxylic acid groups (broad SMARTS) is 1. The van der Waals surface area contributed by atoms with Gasteiger partial charge >= 0.3 is 5.97 Å². The molecular weight excluding hydrogens is 115 g/mol. The summed E-state index contributed by atoms with van der Waals surface area (Å²) in [5.74, 6) is -2.92. The molecule has 0 spiro atoms. The lowest BCUT2D eigenvalue weighted by Crippen LogP contribution is -1.94. The maximum atomic E-state index is 11.7. The van der Waals surface area contributed by atoms with Gasteiger partial charge in [0.25, 0.3) is 0 Å². The molecule has 3 nitrogen and oxygen atoms in total. The fourth-order valence-corrected chi connectivity index (χ4v) is 0.154. The molecule has 0 saturated heterocycles. The van der Waals surface area contributed by atoms with E-state index in [0.717, 1.165) is 0 Å². The maximum Gasteiger partial charge on any atom is 0.368 e. The smallest absolute Gasteiger partial charge is 0.368 e. The SMILES string of the molecule is COC=C(F)C(=O)O. The van der Waals surface area contributed by atoms with Crippen LogP contribution in [0.4, 0.5) is 4.39 Å². The normalized spacial score (nSPS) is 11.0. The first-order valence-corrected chi connectivity index (χ1v) is 1.80. The number of hydrogen-bond donors (Lipinski definition) is 1. The zero-order valence-electron chi connectivity index (χ0n) is 4.22. The zero-order valence-corrected chi connectivity index (χ0v) is 4.22. The van der Waals surface area contributed by atoms with Crippen molar-refractivity contribution in [2.75, 3.05) is 7.11 Å². The zero-order chi connectivity index (χ0) is 6.57. The Balaban J connectivity index is 3.80. The minimum Gasteiger partial charge on any atom is -0.501 e. The van der Waals surface area contributed by atoms with E-state index < -0.39 is 11.8 Å². The Morgan fingerprint density at radius 2 is 2.38 bits per heavy atom. The number of hydrogen-bond acceptors (Lipinski definition) is 2. The van der Waals surface area contributed by atoms with Gasteiger partial charge in [-0.05, 0) is 0 Å². The number of carbonyl (C=O) groups is 1. The van der Waals surface area contributed by atoms with Crippen molar-refractivity contribution in [3.63, 3.8) is 0 Å². The molecule has 0 radical (unpaired) electrons. The third-order valence-corrected chi connectivity index (χ3v) is 0.426. The summed E-state index contributed by atoms with van der Waals surface area (Å²) in [7, 11) is 1.17. The molecule has 0 aliphatic rings. The first kappa shape index (κ1) is 6.94. The van der Waals surface area contributed by atoms with Gasteiger partial charge in [-0.2, -0.15) is 4.39 Å². The van der Waals surface area contributed by atoms with Gasteiger partial charge in [-0.25, -0.2) is 4.79 Å². The van der Waals surface area contributed by atoms with Crippen molar-refractivity contribution >= 4 is 5.97 Å². The molecule has 0 aliphatic carbocycles. The number of ether oxygens (including phenoxy) is 1. The topological polar surface area (TPSA) is 46.5 Å². The predicted molar refractivity (Wildman–Crippen MR) is 23.8 cm³/mol. The van der Waals surface area contributed by atoms with Crippen LogP contribution in [0.25, 0.3) is 0 Å². The third-order valence-electron chi connectivity index (χ3n) is 0.426. The van der Waals surface area contributed by atoms with Gasteiger partial charge in [0.05, 0.1) is 7.11 Å². The van der Waals surface area contributed by atoms with Crippen LogP contribution in [0.5, 0.6) is 0 Å². The predicted octanol–water partition coefficient (Wildman–Crippen LogP) is 0.528. The van der Waals surface area contributed by atoms with E-state index in [1.54, 1.807) is 0 Å². The summed E-state index contributed by atoms with van der Waals surface area (Å²) in [4.78, 5) is 9.57. The minimum atomic E-state index is -1.62. The highest BCUT2D eigenvalue weighted by Gasteiger charge is 2.02. The van der Waals surface area contributed by atoms with Crippen LogP contribution in [0.15, 0.2) is 12.1 Å². The second kappa shape index (κ2) is 3.01. The van der Waals surface area contributed by atoms with Gasteiger partial charge in [0.15, 0.2) is 0 Å². The van der Waals surface area contributed by atoms with Crippen LogP contribution in [-0.2, 0) is 9.53 Å². The molecule has 0 unspecified atom stereocenters. The van der Waals surface area contributed by atoms with Crippen LogP contribution in [0.1, 0.15) is 0 Å². The van der Waals surface area contributed by atoms with Crippen molar-refractivity contribution in [2.45, 2.75) is 0 Å². The fraction of sp³-hybridized carbons (Fsp3) is 0.250. The molecule has 0 atom stereocenters. The molecule has 0 aliphatic heterocycles. The van der Waals surface area contributed by atoms with Crippen molar-refractivity contribution in [1.29, 1.82) is 0 Å². The molecule has 0 heterocycles. The molecule has 1 N–H and O–H groups in total. The van der Waals surface area contributed by atoms with E-state index in [1.165, 1.54) is 7.11 Å². The van der Waals surface area contributed by atoms with Crippen LogP contribution >= 0.6 is 0 Å². The average molecular weight is 120 g/mol. The molecule has 0 saturated carbocycles.